The third kappa shape index (κ3) is 2.58. The zero-order valence-corrected chi connectivity index (χ0v) is 9.15. The Balaban J connectivity index is 1.96. The largest absolute Gasteiger partial charge is 0.445 e. The van der Waals surface area contributed by atoms with E-state index in [-0.39, 0.29) is 6.61 Å². The molecule has 0 amide bonds. The molecule has 0 spiro atoms. The van der Waals surface area contributed by atoms with Gasteiger partial charge >= 0.3 is 0 Å². The average molecular weight is 210 g/mol. The molecule has 4 heteroatoms. The van der Waals surface area contributed by atoms with E-state index in [1.807, 2.05) is 0 Å². The smallest absolute Gasteiger partial charge is 0.197 e. The van der Waals surface area contributed by atoms with Crippen LogP contribution in [0.1, 0.15) is 30.4 Å². The second-order valence-electron chi connectivity index (χ2n) is 4.22. The van der Waals surface area contributed by atoms with Gasteiger partial charge in [-0.2, -0.15) is 0 Å². The molecule has 1 saturated heterocycles. The molecule has 1 fully saturated rings. The number of piperidine rings is 1. The van der Waals surface area contributed by atoms with Crippen molar-refractivity contribution in [3.8, 4) is 0 Å². The Morgan fingerprint density at radius 3 is 2.93 bits per heavy atom. The molecule has 0 saturated carbocycles. The minimum atomic E-state index is 0.127. The molecule has 1 N–H and O–H groups in total. The molecule has 1 aromatic heterocycles. The maximum absolute atomic E-state index is 8.78. The quantitative estimate of drug-likeness (QED) is 0.809. The number of aromatic nitrogens is 1. The summed E-state index contributed by atoms with van der Waals surface area (Å²) in [6, 6.07) is 0. The molecule has 1 aliphatic heterocycles. The molecule has 2 rings (SSSR count). The lowest BCUT2D eigenvalue weighted by molar-refractivity contribution is 0.232. The topological polar surface area (TPSA) is 49.5 Å². The molecule has 2 heterocycles. The minimum absolute atomic E-state index is 0.127. The first-order valence-electron chi connectivity index (χ1n) is 5.53. The van der Waals surface area contributed by atoms with Crippen molar-refractivity contribution in [1.29, 1.82) is 0 Å². The van der Waals surface area contributed by atoms with Crippen LogP contribution in [0.25, 0.3) is 0 Å². The van der Waals surface area contributed by atoms with Crippen LogP contribution in [0.2, 0.25) is 0 Å². The lowest BCUT2D eigenvalue weighted by Crippen LogP contribution is -2.29. The van der Waals surface area contributed by atoms with Crippen LogP contribution in [0.15, 0.2) is 10.6 Å². The first kappa shape index (κ1) is 10.6. The maximum atomic E-state index is 8.78. The van der Waals surface area contributed by atoms with Crippen LogP contribution in [0.5, 0.6) is 0 Å². The Kier molecular flexibility index (Phi) is 3.38. The molecule has 15 heavy (non-hydrogen) atoms. The normalized spacial score (nSPS) is 19.6. The zero-order chi connectivity index (χ0) is 10.7. The highest BCUT2D eigenvalue weighted by Gasteiger charge is 2.22. The predicted octanol–water partition coefficient (Wildman–Crippen LogP) is 1.02. The van der Waals surface area contributed by atoms with E-state index in [4.69, 9.17) is 9.52 Å². The summed E-state index contributed by atoms with van der Waals surface area (Å²) >= 11 is 0. The van der Waals surface area contributed by atoms with Gasteiger partial charge in [-0.25, -0.2) is 4.98 Å². The van der Waals surface area contributed by atoms with Crippen molar-refractivity contribution < 1.29 is 9.52 Å². The molecular formula is C11H18N2O2. The van der Waals surface area contributed by atoms with Crippen molar-refractivity contribution in [2.75, 3.05) is 26.7 Å². The lowest BCUT2D eigenvalue weighted by Gasteiger charge is -2.26. The second-order valence-corrected chi connectivity index (χ2v) is 4.22. The van der Waals surface area contributed by atoms with Gasteiger partial charge < -0.3 is 14.4 Å². The Bertz CT molecular complexity index is 303. The van der Waals surface area contributed by atoms with Gasteiger partial charge in [0.2, 0.25) is 0 Å². The van der Waals surface area contributed by atoms with Crippen LogP contribution in [-0.2, 0) is 6.42 Å². The SMILES string of the molecule is CN1CCC(c2ncc(CCO)o2)CC1. The van der Waals surface area contributed by atoms with Gasteiger partial charge in [-0.05, 0) is 33.0 Å². The summed E-state index contributed by atoms with van der Waals surface area (Å²) < 4.78 is 5.61. The molecule has 1 aromatic rings. The monoisotopic (exact) mass is 210 g/mol. The molecule has 0 aliphatic carbocycles. The zero-order valence-electron chi connectivity index (χ0n) is 9.15. The first-order chi connectivity index (χ1) is 7.29. The van der Waals surface area contributed by atoms with Crippen molar-refractivity contribution in [2.45, 2.75) is 25.2 Å². The van der Waals surface area contributed by atoms with Crippen LogP contribution >= 0.6 is 0 Å². The number of aliphatic hydroxyl groups excluding tert-OH is 1. The summed E-state index contributed by atoms with van der Waals surface area (Å²) in [5.74, 6) is 2.12. The number of nitrogens with zero attached hydrogens (tertiary/aromatic N) is 2. The van der Waals surface area contributed by atoms with E-state index in [1.54, 1.807) is 6.20 Å². The van der Waals surface area contributed by atoms with Gasteiger partial charge in [0.15, 0.2) is 5.89 Å². The predicted molar refractivity (Wildman–Crippen MR) is 56.8 cm³/mol. The van der Waals surface area contributed by atoms with E-state index in [0.29, 0.717) is 12.3 Å². The molecule has 0 aromatic carbocycles. The van der Waals surface area contributed by atoms with Gasteiger partial charge in [0, 0.05) is 12.3 Å². The van der Waals surface area contributed by atoms with E-state index >= 15 is 0 Å². The van der Waals surface area contributed by atoms with Gasteiger partial charge in [0.25, 0.3) is 0 Å². The molecule has 0 bridgehead atoms. The summed E-state index contributed by atoms with van der Waals surface area (Å²) in [6.07, 6.45) is 4.55. The van der Waals surface area contributed by atoms with Crippen LogP contribution in [-0.4, -0.2) is 41.7 Å². The standard InChI is InChI=1S/C11H18N2O2/c1-13-5-2-9(3-6-13)11-12-8-10(15-11)4-7-14/h8-9,14H,2-7H2,1H3. The number of likely N-dealkylation sites (tertiary alicyclic amines) is 1. The molecule has 0 radical (unpaired) electrons. The van der Waals surface area contributed by atoms with E-state index < -0.39 is 0 Å². The first-order valence-corrected chi connectivity index (χ1v) is 5.53. The molecule has 0 unspecified atom stereocenters. The molecular weight excluding hydrogens is 192 g/mol. The fourth-order valence-corrected chi connectivity index (χ4v) is 1.99. The molecule has 4 nitrogen and oxygen atoms in total. The number of hydrogen-bond acceptors (Lipinski definition) is 4. The summed E-state index contributed by atoms with van der Waals surface area (Å²) in [5.41, 5.74) is 0. The maximum Gasteiger partial charge on any atom is 0.197 e. The Morgan fingerprint density at radius 1 is 1.53 bits per heavy atom. The summed E-state index contributed by atoms with van der Waals surface area (Å²) in [6.45, 7) is 2.35. The van der Waals surface area contributed by atoms with E-state index in [1.165, 1.54) is 0 Å². The van der Waals surface area contributed by atoms with E-state index in [2.05, 4.69) is 16.9 Å². The van der Waals surface area contributed by atoms with Gasteiger partial charge in [-0.3, -0.25) is 0 Å². The van der Waals surface area contributed by atoms with Gasteiger partial charge in [0.05, 0.1) is 12.8 Å². The molecule has 84 valence electrons. The van der Waals surface area contributed by atoms with Crippen LogP contribution in [0.3, 0.4) is 0 Å². The molecule has 0 atom stereocenters. The summed E-state index contributed by atoms with van der Waals surface area (Å²) in [5, 5.41) is 8.78. The number of aliphatic hydroxyl groups is 1. The van der Waals surface area contributed by atoms with Crippen molar-refractivity contribution in [3.05, 3.63) is 17.8 Å². The van der Waals surface area contributed by atoms with Crippen LogP contribution in [0.4, 0.5) is 0 Å². The van der Waals surface area contributed by atoms with Crippen molar-refractivity contribution in [1.82, 2.24) is 9.88 Å². The fourth-order valence-electron chi connectivity index (χ4n) is 1.99. The Morgan fingerprint density at radius 2 is 2.27 bits per heavy atom. The second kappa shape index (κ2) is 4.77. The van der Waals surface area contributed by atoms with Crippen molar-refractivity contribution in [2.24, 2.45) is 0 Å². The fraction of sp³-hybridized carbons (Fsp3) is 0.727. The Labute approximate surface area is 89.9 Å². The van der Waals surface area contributed by atoms with Gasteiger partial charge in [0.1, 0.15) is 5.76 Å². The third-order valence-corrected chi connectivity index (χ3v) is 3.00. The van der Waals surface area contributed by atoms with E-state index in [0.717, 1.165) is 37.6 Å². The highest BCUT2D eigenvalue weighted by molar-refractivity contribution is 5.00. The summed E-state index contributed by atoms with van der Waals surface area (Å²) in [4.78, 5) is 6.61. The number of rotatable bonds is 3. The van der Waals surface area contributed by atoms with Crippen molar-refractivity contribution >= 4 is 0 Å². The highest BCUT2D eigenvalue weighted by atomic mass is 16.4. The van der Waals surface area contributed by atoms with Crippen molar-refractivity contribution in [3.63, 3.8) is 0 Å². The third-order valence-electron chi connectivity index (χ3n) is 3.00. The average Bonchev–Trinajstić information content (AvgIpc) is 2.68. The lowest BCUT2D eigenvalue weighted by atomic mass is 9.97. The van der Waals surface area contributed by atoms with Crippen LogP contribution < -0.4 is 0 Å². The minimum Gasteiger partial charge on any atom is -0.445 e. The number of oxazole rings is 1. The highest BCUT2D eigenvalue weighted by Crippen LogP contribution is 2.26. The van der Waals surface area contributed by atoms with E-state index in [9.17, 15) is 0 Å². The van der Waals surface area contributed by atoms with Crippen LogP contribution in [0, 0.1) is 0 Å². The van der Waals surface area contributed by atoms with Gasteiger partial charge in [-0.15, -0.1) is 0 Å². The summed E-state index contributed by atoms with van der Waals surface area (Å²) in [7, 11) is 2.14. The van der Waals surface area contributed by atoms with Gasteiger partial charge in [-0.1, -0.05) is 0 Å². The Hall–Kier alpha value is -0.870. The number of hydrogen-bond donors (Lipinski definition) is 1. The molecule has 1 aliphatic rings.